The van der Waals surface area contributed by atoms with E-state index in [1.165, 1.54) is 11.1 Å². The third-order valence-corrected chi connectivity index (χ3v) is 7.12. The largest absolute Gasteiger partial charge is 0.494 e. The Morgan fingerprint density at radius 1 is 0.939 bits per heavy atom. The Morgan fingerprint density at radius 3 is 2.24 bits per heavy atom. The summed E-state index contributed by atoms with van der Waals surface area (Å²) in [4.78, 5) is 5.14. The van der Waals surface area contributed by atoms with Crippen LogP contribution in [-0.4, -0.2) is 30.4 Å². The highest BCUT2D eigenvalue weighted by molar-refractivity contribution is 9.10. The Labute approximate surface area is 204 Å². The number of nitrogens with zero attached hydrogens (tertiary/aromatic N) is 2. The van der Waals surface area contributed by atoms with Gasteiger partial charge in [-0.3, -0.25) is 0 Å². The third-order valence-electron chi connectivity index (χ3n) is 6.29. The number of imidazole rings is 1. The molecule has 3 aromatic carbocycles. The summed E-state index contributed by atoms with van der Waals surface area (Å²) in [7, 11) is 3.45. The number of methoxy groups -OCH3 is 2. The molecule has 0 saturated heterocycles. The zero-order valence-corrected chi connectivity index (χ0v) is 21.5. The van der Waals surface area contributed by atoms with E-state index in [-0.39, 0.29) is 5.92 Å². The van der Waals surface area contributed by atoms with Crippen LogP contribution in [0, 0.1) is 0 Å². The molecule has 1 aromatic heterocycles. The second-order valence-corrected chi connectivity index (χ2v) is 9.46. The first-order valence-electron chi connectivity index (χ1n) is 11.4. The summed E-state index contributed by atoms with van der Waals surface area (Å²) in [6.07, 6.45) is 0. The van der Waals surface area contributed by atoms with Crippen molar-refractivity contribution >= 4 is 27.0 Å². The van der Waals surface area contributed by atoms with E-state index >= 15 is 0 Å². The van der Waals surface area contributed by atoms with Crippen LogP contribution >= 0.6 is 15.9 Å². The molecule has 0 amide bonds. The lowest BCUT2D eigenvalue weighted by molar-refractivity contribution is 0.188. The molecule has 0 radical (unpaired) electrons. The fourth-order valence-corrected chi connectivity index (χ4v) is 5.03. The maximum Gasteiger partial charge on any atom is 0.145 e. The van der Waals surface area contributed by atoms with Gasteiger partial charge in [0.05, 0.1) is 13.7 Å². The van der Waals surface area contributed by atoms with Gasteiger partial charge in [0, 0.05) is 29.6 Å². The predicted molar refractivity (Wildman–Crippen MR) is 139 cm³/mol. The molecule has 1 unspecified atom stereocenters. The minimum Gasteiger partial charge on any atom is -0.494 e. The highest BCUT2D eigenvalue weighted by Gasteiger charge is 2.23. The zero-order chi connectivity index (χ0) is 23.5. The van der Waals surface area contributed by atoms with E-state index < -0.39 is 0 Å². The van der Waals surface area contributed by atoms with Gasteiger partial charge >= 0.3 is 0 Å². The summed E-state index contributed by atoms with van der Waals surface area (Å²) in [6.45, 7) is 7.91. The second-order valence-electron chi connectivity index (χ2n) is 8.67. The first kappa shape index (κ1) is 23.5. The van der Waals surface area contributed by atoms with E-state index in [1.54, 1.807) is 14.2 Å². The van der Waals surface area contributed by atoms with Gasteiger partial charge in [-0.25, -0.2) is 4.98 Å². The van der Waals surface area contributed by atoms with Crippen LogP contribution in [0.25, 0.3) is 22.4 Å². The van der Waals surface area contributed by atoms with Gasteiger partial charge in [-0.2, -0.15) is 0 Å². The first-order valence-corrected chi connectivity index (χ1v) is 12.2. The normalized spacial score (nSPS) is 12.5. The van der Waals surface area contributed by atoms with Crippen molar-refractivity contribution in [2.75, 3.05) is 20.8 Å². The summed E-state index contributed by atoms with van der Waals surface area (Å²) in [5.74, 6) is 2.42. The van der Waals surface area contributed by atoms with Crippen LogP contribution in [0.3, 0.4) is 0 Å². The summed E-state index contributed by atoms with van der Waals surface area (Å²) in [6, 6.07) is 21.4. The number of halogens is 1. The lowest BCUT2D eigenvalue weighted by Crippen LogP contribution is -2.07. The summed E-state index contributed by atoms with van der Waals surface area (Å²) >= 11 is 3.90. The van der Waals surface area contributed by atoms with Crippen LogP contribution in [0.4, 0.5) is 0 Å². The molecule has 1 heterocycles. The summed E-state index contributed by atoms with van der Waals surface area (Å²) in [5.41, 5.74) is 6.69. The summed E-state index contributed by atoms with van der Waals surface area (Å²) in [5, 5.41) is 0. The molecule has 0 aliphatic carbocycles. The number of rotatable bonds is 8. The minimum atomic E-state index is 0.191. The monoisotopic (exact) mass is 506 g/mol. The van der Waals surface area contributed by atoms with E-state index in [1.807, 2.05) is 6.07 Å². The van der Waals surface area contributed by atoms with Crippen molar-refractivity contribution in [2.45, 2.75) is 39.2 Å². The molecule has 4 aromatic rings. The lowest BCUT2D eigenvalue weighted by atomic mass is 9.92. The molecule has 0 saturated carbocycles. The van der Waals surface area contributed by atoms with Gasteiger partial charge in [0.2, 0.25) is 0 Å². The molecule has 172 valence electrons. The van der Waals surface area contributed by atoms with Crippen LogP contribution in [0.1, 0.15) is 49.3 Å². The van der Waals surface area contributed by atoms with Gasteiger partial charge in [-0.1, -0.05) is 75.4 Å². The molecule has 0 spiro atoms. The number of hydrogen-bond acceptors (Lipinski definition) is 3. The van der Waals surface area contributed by atoms with Gasteiger partial charge in [-0.15, -0.1) is 0 Å². The van der Waals surface area contributed by atoms with E-state index in [2.05, 4.69) is 95.9 Å². The summed E-state index contributed by atoms with van der Waals surface area (Å²) < 4.78 is 14.6. The first-order chi connectivity index (χ1) is 16.0. The topological polar surface area (TPSA) is 36.3 Å². The van der Waals surface area contributed by atoms with Crippen LogP contribution in [0.2, 0.25) is 0 Å². The number of ether oxygens (including phenoxy) is 2. The SMILES string of the molecule is COCCn1c(-c2ccc(C(C)C)cc2)nc2c(Br)c(C(C)c3ccccc3)cc(OC)c21. The number of aromatic nitrogens is 2. The molecule has 0 N–H and O–H groups in total. The molecular formula is C28H31BrN2O2. The van der Waals surface area contributed by atoms with E-state index in [0.29, 0.717) is 19.1 Å². The van der Waals surface area contributed by atoms with Crippen molar-refractivity contribution in [3.05, 3.63) is 81.8 Å². The highest BCUT2D eigenvalue weighted by Crippen LogP contribution is 2.42. The lowest BCUT2D eigenvalue weighted by Gasteiger charge is -2.17. The molecule has 4 nitrogen and oxygen atoms in total. The molecule has 4 rings (SSSR count). The predicted octanol–water partition coefficient (Wildman–Crippen LogP) is 7.40. The van der Waals surface area contributed by atoms with Crippen LogP contribution in [-0.2, 0) is 11.3 Å². The van der Waals surface area contributed by atoms with Crippen LogP contribution < -0.4 is 4.74 Å². The van der Waals surface area contributed by atoms with Crippen molar-refractivity contribution in [1.82, 2.24) is 9.55 Å². The maximum absolute atomic E-state index is 5.91. The molecule has 1 atom stereocenters. The van der Waals surface area contributed by atoms with E-state index in [0.717, 1.165) is 38.2 Å². The average molecular weight is 507 g/mol. The fraction of sp³-hybridized carbons (Fsp3) is 0.321. The van der Waals surface area contributed by atoms with Gasteiger partial charge in [0.25, 0.3) is 0 Å². The Hall–Kier alpha value is -2.63. The highest BCUT2D eigenvalue weighted by atomic mass is 79.9. The quantitative estimate of drug-likeness (QED) is 0.249. The molecule has 5 heteroatoms. The number of fused-ring (bicyclic) bond motifs is 1. The van der Waals surface area contributed by atoms with Gasteiger partial charge < -0.3 is 14.0 Å². The average Bonchev–Trinajstić information content (AvgIpc) is 3.23. The Morgan fingerprint density at radius 2 is 1.64 bits per heavy atom. The molecule has 0 aliphatic rings. The zero-order valence-electron chi connectivity index (χ0n) is 19.9. The number of benzene rings is 3. The second kappa shape index (κ2) is 10.1. The van der Waals surface area contributed by atoms with Crippen LogP contribution in [0.5, 0.6) is 5.75 Å². The minimum absolute atomic E-state index is 0.191. The van der Waals surface area contributed by atoms with Gasteiger partial charge in [-0.05, 0) is 44.6 Å². The van der Waals surface area contributed by atoms with Gasteiger partial charge in [0.1, 0.15) is 22.6 Å². The number of hydrogen-bond donors (Lipinski definition) is 0. The third kappa shape index (κ3) is 4.57. The standard InChI is InChI=1S/C28H31BrN2O2/c1-18(2)20-11-13-22(14-12-20)28-30-26-25(29)23(19(3)21-9-7-6-8-10-21)17-24(33-5)27(26)31(28)15-16-32-4/h6-14,17-19H,15-16H2,1-5H3. The van der Waals surface area contributed by atoms with Gasteiger partial charge in [0.15, 0.2) is 0 Å². The smallest absolute Gasteiger partial charge is 0.145 e. The van der Waals surface area contributed by atoms with E-state index in [9.17, 15) is 0 Å². The molecule has 0 bridgehead atoms. The Bertz CT molecular complexity index is 1230. The molecule has 33 heavy (non-hydrogen) atoms. The maximum atomic E-state index is 5.91. The Balaban J connectivity index is 1.93. The van der Waals surface area contributed by atoms with Crippen molar-refractivity contribution < 1.29 is 9.47 Å². The van der Waals surface area contributed by atoms with Crippen molar-refractivity contribution in [3.63, 3.8) is 0 Å². The van der Waals surface area contributed by atoms with Crippen molar-refractivity contribution in [2.24, 2.45) is 0 Å². The Kier molecular flexibility index (Phi) is 7.20. The van der Waals surface area contributed by atoms with Crippen molar-refractivity contribution in [1.29, 1.82) is 0 Å². The molecule has 0 fully saturated rings. The van der Waals surface area contributed by atoms with E-state index in [4.69, 9.17) is 14.5 Å². The molecule has 0 aliphatic heterocycles. The van der Waals surface area contributed by atoms with Crippen LogP contribution in [0.15, 0.2) is 65.1 Å². The molecular weight excluding hydrogens is 476 g/mol. The fourth-order valence-electron chi connectivity index (χ4n) is 4.30. The van der Waals surface area contributed by atoms with Crippen molar-refractivity contribution in [3.8, 4) is 17.1 Å².